The van der Waals surface area contributed by atoms with Crippen LogP contribution in [0, 0.1) is 0 Å². The van der Waals surface area contributed by atoms with Gasteiger partial charge in [-0.15, -0.1) is 0 Å². The maximum absolute atomic E-state index is 14.9. The highest BCUT2D eigenvalue weighted by atomic mass is 16.4. The maximum Gasteiger partial charge on any atom is 0.326 e. The summed E-state index contributed by atoms with van der Waals surface area (Å²) >= 11 is 0. The minimum absolute atomic E-state index is 0.00892. The maximum atomic E-state index is 14.9. The van der Waals surface area contributed by atoms with Crippen LogP contribution in [-0.4, -0.2) is 209 Å². The predicted molar refractivity (Wildman–Crippen MR) is 342 cm³/mol. The van der Waals surface area contributed by atoms with Crippen molar-refractivity contribution in [2.75, 3.05) is 52.9 Å². The molecule has 2 fully saturated rings. The minimum Gasteiger partial charge on any atom is -0.480 e. The molecule has 22 N–H and O–H groups in total. The topological polar surface area (TPSA) is 512 Å². The van der Waals surface area contributed by atoms with Crippen LogP contribution >= 0.6 is 0 Å². The van der Waals surface area contributed by atoms with Crippen LogP contribution in [0.15, 0.2) is 106 Å². The number of likely N-dealkylation sites (N-methyl/N-ethyl adjacent to an activating group) is 1. The van der Waals surface area contributed by atoms with E-state index in [4.69, 9.17) is 40.1 Å². The molecule has 5 rings (SSSR count). The first kappa shape index (κ1) is 72.8. The van der Waals surface area contributed by atoms with Gasteiger partial charge in [-0.25, -0.2) is 4.79 Å². The fourth-order valence-corrected chi connectivity index (χ4v) is 10.7. The van der Waals surface area contributed by atoms with E-state index < -0.39 is 127 Å². The van der Waals surface area contributed by atoms with E-state index >= 15 is 0 Å². The molecule has 0 unspecified atom stereocenters. The molecule has 0 aliphatic carbocycles. The van der Waals surface area contributed by atoms with Gasteiger partial charge in [0.05, 0.1) is 19.2 Å². The Morgan fingerprint density at radius 2 is 0.957 bits per heavy atom. The summed E-state index contributed by atoms with van der Waals surface area (Å²) in [6, 6.07) is 14.6. The number of nitrogens with one attached hydrogen (secondary N) is 6. The molecule has 9 amide bonds. The Kier molecular flexibility index (Phi) is 29.5. The molecule has 2 saturated heterocycles. The molecule has 0 radical (unpaired) electrons. The van der Waals surface area contributed by atoms with Crippen molar-refractivity contribution in [1.29, 1.82) is 0 Å². The zero-order chi connectivity index (χ0) is 67.3. The summed E-state index contributed by atoms with van der Waals surface area (Å²) < 4.78 is 0. The average Bonchev–Trinajstić information content (AvgIpc) is 1.83. The van der Waals surface area contributed by atoms with Crippen molar-refractivity contribution in [3.63, 3.8) is 0 Å². The molecule has 2 heterocycles. The highest BCUT2D eigenvalue weighted by Gasteiger charge is 2.43. The lowest BCUT2D eigenvalue weighted by Crippen LogP contribution is -2.60. The fourth-order valence-electron chi connectivity index (χ4n) is 10.7. The van der Waals surface area contributed by atoms with Crippen LogP contribution in [-0.2, 0) is 67.2 Å². The lowest BCUT2D eigenvalue weighted by atomic mass is 10.0. The summed E-state index contributed by atoms with van der Waals surface area (Å²) in [5.41, 5.74) is 40.8. The molecular weight excluding hydrogens is 1190 g/mol. The number of carbonyl (C=O) groups is 10. The molecule has 3 aromatic carbocycles. The number of hydrogen-bond donors (Lipinski definition) is 15. The fraction of sp³-hybridized carbons (Fsp3) is 0.492. The van der Waals surface area contributed by atoms with Gasteiger partial charge in [-0.1, -0.05) is 91.0 Å². The zero-order valence-electron chi connectivity index (χ0n) is 51.7. The van der Waals surface area contributed by atoms with Gasteiger partial charge in [0.1, 0.15) is 48.3 Å². The number of aliphatic hydroxyl groups is 1. The van der Waals surface area contributed by atoms with E-state index in [-0.39, 0.29) is 115 Å². The van der Waals surface area contributed by atoms with Crippen LogP contribution in [0.5, 0.6) is 0 Å². The van der Waals surface area contributed by atoms with E-state index in [1.54, 1.807) is 91.0 Å². The second-order valence-corrected chi connectivity index (χ2v) is 22.5. The standard InChI is InChI=1S/C61H89N19O12/c1-78(55(88)41(23-12-28-70-60(65)66)74-50(83)40(62)22-11-27-69-59(63)64)48(34-39-20-9-4-10-21-39)57(90)80-31-14-25-46(80)53(86)72-35-49(82)73-43(32-37-16-5-2-6-17-37)51(84)77-45(36-81)56(89)79-30-15-26-47(79)54(87)76-44(33-38-18-7-3-8-19-38)52(85)75-42(58(91)92)24-13-29-71-61(67)68/h2-10,16-21,40-48,81H,11-15,22-36,62H2,1H3,(H,72,86)(H,73,82)(H,74,83)(H,75,85)(H,76,87)(H,77,84)(H,91,92)(H4,63,64,69)(H4,65,66,70)(H4,67,68,71)/t40-,41+,42+,43+,44+,45+,46+,47+,48+/m1/s1. The van der Waals surface area contributed by atoms with Gasteiger partial charge in [-0.2, -0.15) is 0 Å². The summed E-state index contributed by atoms with van der Waals surface area (Å²) in [5, 5.41) is 36.2. The van der Waals surface area contributed by atoms with Crippen molar-refractivity contribution in [1.82, 2.24) is 46.6 Å². The molecule has 31 heteroatoms. The van der Waals surface area contributed by atoms with E-state index in [0.29, 0.717) is 36.0 Å². The Bertz CT molecular complexity index is 3060. The number of benzene rings is 3. The first-order valence-corrected chi connectivity index (χ1v) is 30.5. The van der Waals surface area contributed by atoms with Crippen LogP contribution in [0.2, 0.25) is 0 Å². The number of aliphatic imine (C=N–C) groups is 3. The van der Waals surface area contributed by atoms with Gasteiger partial charge in [-0.3, -0.25) is 58.1 Å². The van der Waals surface area contributed by atoms with Crippen LogP contribution in [0.3, 0.4) is 0 Å². The third-order valence-electron chi connectivity index (χ3n) is 15.5. The molecule has 31 nitrogen and oxygen atoms in total. The summed E-state index contributed by atoms with van der Waals surface area (Å²) in [5.74, 6) is -8.50. The number of aliphatic hydroxyl groups excluding tert-OH is 1. The van der Waals surface area contributed by atoms with E-state index in [0.717, 1.165) is 0 Å². The molecular formula is C61H89N19O12. The van der Waals surface area contributed by atoms with Crippen LogP contribution < -0.4 is 72.0 Å². The zero-order valence-corrected chi connectivity index (χ0v) is 51.7. The van der Waals surface area contributed by atoms with Crippen molar-refractivity contribution >= 4 is 77.0 Å². The molecule has 3 aromatic rings. The minimum atomic E-state index is -1.63. The smallest absolute Gasteiger partial charge is 0.326 e. The van der Waals surface area contributed by atoms with Crippen LogP contribution in [0.1, 0.15) is 80.9 Å². The number of nitrogens with zero attached hydrogens (tertiary/aromatic N) is 6. The second kappa shape index (κ2) is 37.3. The quantitative estimate of drug-likeness (QED) is 0.0149. The van der Waals surface area contributed by atoms with Crippen molar-refractivity contribution in [3.05, 3.63) is 108 Å². The van der Waals surface area contributed by atoms with E-state index in [9.17, 15) is 58.2 Å². The van der Waals surface area contributed by atoms with E-state index in [1.807, 2.05) is 0 Å². The van der Waals surface area contributed by atoms with Crippen LogP contribution in [0.25, 0.3) is 0 Å². The van der Waals surface area contributed by atoms with Gasteiger partial charge in [-0.05, 0) is 80.9 Å². The highest BCUT2D eigenvalue weighted by molar-refractivity contribution is 5.98. The molecule has 92 heavy (non-hydrogen) atoms. The average molecular weight is 1280 g/mol. The summed E-state index contributed by atoms with van der Waals surface area (Å²) in [4.78, 5) is 155. The van der Waals surface area contributed by atoms with E-state index in [1.165, 1.54) is 21.7 Å². The Hall–Kier alpha value is -9.91. The molecule has 500 valence electrons. The number of amides is 9. The number of carbonyl (C=O) groups excluding carboxylic acids is 9. The Morgan fingerprint density at radius 3 is 1.43 bits per heavy atom. The Balaban J connectivity index is 1.28. The van der Waals surface area contributed by atoms with Gasteiger partial charge >= 0.3 is 5.97 Å². The molecule has 0 saturated carbocycles. The number of carboxylic acids is 1. The monoisotopic (exact) mass is 1280 g/mol. The largest absolute Gasteiger partial charge is 0.480 e. The number of nitrogens with two attached hydrogens (primary N) is 7. The molecule has 2 aliphatic rings. The number of hydrogen-bond acceptors (Lipinski definition) is 15. The van der Waals surface area contributed by atoms with Gasteiger partial charge in [0.25, 0.3) is 0 Å². The summed E-state index contributed by atoms with van der Waals surface area (Å²) in [6.07, 6.45) is 1.89. The van der Waals surface area contributed by atoms with E-state index in [2.05, 4.69) is 46.9 Å². The number of carboxylic acid groups (broad SMARTS) is 1. The highest BCUT2D eigenvalue weighted by Crippen LogP contribution is 2.24. The number of aliphatic carboxylic acids is 1. The SMILES string of the molecule is CN(C(=O)[C@H](CCCN=C(N)N)NC(=O)[C@H](N)CCCN=C(N)N)[C@@H](Cc1ccccc1)C(=O)N1CCC[C@H]1C(=O)NCC(=O)N[C@@H](Cc1ccccc1)C(=O)N[C@@H](CO)C(=O)N1CCC[C@H]1C(=O)N[C@@H](Cc1ccccc1)C(=O)N[C@@H](CCCN=C(N)N)C(=O)O. The van der Waals surface area contributed by atoms with Gasteiger partial charge < -0.3 is 96.9 Å². The van der Waals surface area contributed by atoms with Gasteiger partial charge in [0.2, 0.25) is 53.2 Å². The van der Waals surface area contributed by atoms with Crippen molar-refractivity contribution < 1.29 is 58.2 Å². The second-order valence-electron chi connectivity index (χ2n) is 22.5. The Morgan fingerprint density at radius 1 is 0.533 bits per heavy atom. The number of guanidine groups is 3. The summed E-state index contributed by atoms with van der Waals surface area (Å²) in [6.45, 7) is -1.02. The molecule has 9 atom stereocenters. The third-order valence-corrected chi connectivity index (χ3v) is 15.5. The van der Waals surface area contributed by atoms with Crippen molar-refractivity contribution in [2.45, 2.75) is 138 Å². The molecule has 0 spiro atoms. The first-order valence-electron chi connectivity index (χ1n) is 30.5. The number of rotatable bonds is 36. The van der Waals surface area contributed by atoms with Gasteiger partial charge in [0, 0.05) is 59.0 Å². The number of likely N-dealkylation sites (tertiary alicyclic amines) is 2. The molecule has 2 aliphatic heterocycles. The van der Waals surface area contributed by atoms with Crippen molar-refractivity contribution in [3.8, 4) is 0 Å². The third kappa shape index (κ3) is 23.5. The molecule has 0 bridgehead atoms. The summed E-state index contributed by atoms with van der Waals surface area (Å²) in [7, 11) is 1.43. The lowest BCUT2D eigenvalue weighted by molar-refractivity contribution is -0.148. The predicted octanol–water partition coefficient (Wildman–Crippen LogP) is -4.37. The van der Waals surface area contributed by atoms with Crippen molar-refractivity contribution in [2.24, 2.45) is 55.1 Å². The normalized spacial score (nSPS) is 16.5. The first-order chi connectivity index (χ1) is 44.0. The lowest BCUT2D eigenvalue weighted by Gasteiger charge is -2.35. The Labute approximate surface area is 533 Å². The van der Waals surface area contributed by atoms with Crippen LogP contribution in [0.4, 0.5) is 0 Å². The van der Waals surface area contributed by atoms with Gasteiger partial charge in [0.15, 0.2) is 17.9 Å². The molecule has 0 aromatic heterocycles.